The number of benzene rings is 1. The molecule has 3 N–H and O–H groups in total. The number of rotatable bonds is 8. The van der Waals surface area contributed by atoms with Crippen molar-refractivity contribution in [2.45, 2.75) is 25.9 Å². The third-order valence-electron chi connectivity index (χ3n) is 2.44. The molecule has 1 rings (SSSR count). The molecule has 0 aliphatic rings. The molecular weight excluding hydrogens is 250 g/mol. The molecule has 6 nitrogen and oxygen atoms in total. The minimum absolute atomic E-state index is 0.269. The molecule has 0 fully saturated rings. The topological polar surface area (TPSA) is 95.9 Å². The smallest absolute Gasteiger partial charge is 0.321 e. The van der Waals surface area contributed by atoms with E-state index < -0.39 is 24.4 Å². The maximum atomic E-state index is 10.9. The summed E-state index contributed by atoms with van der Waals surface area (Å²) in [6, 6.07) is 6.10. The SMILES string of the molecule is CCOc1cccc(CNC(CC(=O)O)C(=O)O)c1. The molecule has 0 heterocycles. The van der Waals surface area contributed by atoms with Crippen LogP contribution in [0.25, 0.3) is 0 Å². The van der Waals surface area contributed by atoms with Crippen molar-refractivity contribution in [3.8, 4) is 5.75 Å². The van der Waals surface area contributed by atoms with Crippen LogP contribution in [0.4, 0.5) is 0 Å². The maximum absolute atomic E-state index is 10.9. The molecule has 1 aromatic carbocycles. The molecule has 0 saturated heterocycles. The van der Waals surface area contributed by atoms with Crippen molar-refractivity contribution in [1.29, 1.82) is 0 Å². The molecule has 0 radical (unpaired) electrons. The minimum atomic E-state index is -1.18. The summed E-state index contributed by atoms with van der Waals surface area (Å²) in [6.45, 7) is 2.69. The van der Waals surface area contributed by atoms with Crippen molar-refractivity contribution in [1.82, 2.24) is 5.32 Å². The van der Waals surface area contributed by atoms with E-state index in [0.717, 1.165) is 5.56 Å². The lowest BCUT2D eigenvalue weighted by Crippen LogP contribution is -2.38. The first-order valence-corrected chi connectivity index (χ1v) is 5.92. The van der Waals surface area contributed by atoms with E-state index in [-0.39, 0.29) is 6.54 Å². The minimum Gasteiger partial charge on any atom is -0.494 e. The maximum Gasteiger partial charge on any atom is 0.321 e. The Hall–Kier alpha value is -2.08. The lowest BCUT2D eigenvalue weighted by Gasteiger charge is -2.13. The number of hydrogen-bond donors (Lipinski definition) is 3. The normalized spacial score (nSPS) is 11.8. The van der Waals surface area contributed by atoms with Crippen molar-refractivity contribution < 1.29 is 24.5 Å². The fraction of sp³-hybridized carbons (Fsp3) is 0.385. The van der Waals surface area contributed by atoms with Crippen LogP contribution < -0.4 is 10.1 Å². The van der Waals surface area contributed by atoms with Crippen molar-refractivity contribution in [2.75, 3.05) is 6.61 Å². The number of hydrogen-bond acceptors (Lipinski definition) is 4. The first-order chi connectivity index (χ1) is 9.02. The quantitative estimate of drug-likeness (QED) is 0.653. The van der Waals surface area contributed by atoms with Crippen LogP contribution in [0.1, 0.15) is 18.9 Å². The third kappa shape index (κ3) is 5.39. The Bertz CT molecular complexity index is 446. The molecule has 6 heteroatoms. The van der Waals surface area contributed by atoms with Gasteiger partial charge in [-0.25, -0.2) is 0 Å². The Labute approximate surface area is 111 Å². The highest BCUT2D eigenvalue weighted by atomic mass is 16.5. The third-order valence-corrected chi connectivity index (χ3v) is 2.44. The Morgan fingerprint density at radius 1 is 1.37 bits per heavy atom. The summed E-state index contributed by atoms with van der Waals surface area (Å²) in [6.07, 6.45) is -0.458. The highest BCUT2D eigenvalue weighted by Gasteiger charge is 2.20. The highest BCUT2D eigenvalue weighted by Crippen LogP contribution is 2.13. The molecule has 0 bridgehead atoms. The predicted molar refractivity (Wildman–Crippen MR) is 68.1 cm³/mol. The lowest BCUT2D eigenvalue weighted by molar-refractivity contribution is -0.146. The van der Waals surface area contributed by atoms with Crippen LogP contribution in [-0.4, -0.2) is 34.8 Å². The lowest BCUT2D eigenvalue weighted by atomic mass is 10.1. The van der Waals surface area contributed by atoms with Crippen LogP contribution >= 0.6 is 0 Å². The summed E-state index contributed by atoms with van der Waals surface area (Å²) < 4.78 is 5.33. The molecule has 1 aromatic rings. The Balaban J connectivity index is 2.60. The summed E-state index contributed by atoms with van der Waals surface area (Å²) in [4.78, 5) is 21.4. The van der Waals surface area contributed by atoms with Crippen molar-refractivity contribution in [2.24, 2.45) is 0 Å². The second-order valence-corrected chi connectivity index (χ2v) is 3.95. The van der Waals surface area contributed by atoms with Gasteiger partial charge in [0.15, 0.2) is 0 Å². The van der Waals surface area contributed by atoms with E-state index in [1.54, 1.807) is 18.2 Å². The number of carboxylic acid groups (broad SMARTS) is 2. The first kappa shape index (κ1) is 15.0. The van der Waals surface area contributed by atoms with E-state index in [2.05, 4.69) is 5.32 Å². The largest absolute Gasteiger partial charge is 0.494 e. The monoisotopic (exact) mass is 267 g/mol. The Morgan fingerprint density at radius 2 is 2.11 bits per heavy atom. The first-order valence-electron chi connectivity index (χ1n) is 5.92. The fourth-order valence-electron chi connectivity index (χ4n) is 1.57. The van der Waals surface area contributed by atoms with Gasteiger partial charge in [0.2, 0.25) is 0 Å². The van der Waals surface area contributed by atoms with Gasteiger partial charge in [0.1, 0.15) is 11.8 Å². The van der Waals surface area contributed by atoms with Crippen molar-refractivity contribution in [3.63, 3.8) is 0 Å². The zero-order valence-electron chi connectivity index (χ0n) is 10.6. The Morgan fingerprint density at radius 3 is 2.68 bits per heavy atom. The molecule has 0 saturated carbocycles. The van der Waals surface area contributed by atoms with Crippen molar-refractivity contribution >= 4 is 11.9 Å². The summed E-state index contributed by atoms with van der Waals surface area (Å²) in [5.41, 5.74) is 0.836. The van der Waals surface area contributed by atoms with Gasteiger partial charge < -0.3 is 14.9 Å². The molecule has 1 atom stereocenters. The van der Waals surface area contributed by atoms with E-state index in [1.165, 1.54) is 0 Å². The van der Waals surface area contributed by atoms with Crippen LogP contribution in [0.5, 0.6) is 5.75 Å². The number of carbonyl (C=O) groups is 2. The second kappa shape index (κ2) is 7.38. The molecule has 104 valence electrons. The molecule has 0 aliphatic carbocycles. The average Bonchev–Trinajstić information content (AvgIpc) is 2.34. The predicted octanol–water partition coefficient (Wildman–Crippen LogP) is 1.10. The van der Waals surface area contributed by atoms with Gasteiger partial charge in [-0.2, -0.15) is 0 Å². The highest BCUT2D eigenvalue weighted by molar-refractivity contribution is 5.80. The van der Waals surface area contributed by atoms with Gasteiger partial charge in [-0.3, -0.25) is 14.9 Å². The zero-order valence-corrected chi connectivity index (χ0v) is 10.6. The van der Waals surface area contributed by atoms with E-state index >= 15 is 0 Å². The van der Waals surface area contributed by atoms with E-state index in [9.17, 15) is 9.59 Å². The summed E-state index contributed by atoms with van der Waals surface area (Å²) in [5.74, 6) is -1.63. The average molecular weight is 267 g/mol. The standard InChI is InChI=1S/C13H17NO5/c1-2-19-10-5-3-4-9(6-10)8-14-11(13(17)18)7-12(15)16/h3-6,11,14H,2,7-8H2,1H3,(H,15,16)(H,17,18). The van der Waals surface area contributed by atoms with E-state index in [0.29, 0.717) is 12.4 Å². The number of aliphatic carboxylic acids is 2. The van der Waals surface area contributed by atoms with Crippen LogP contribution in [0, 0.1) is 0 Å². The summed E-state index contributed by atoms with van der Waals surface area (Å²) in [5, 5.41) is 20.2. The second-order valence-electron chi connectivity index (χ2n) is 3.95. The van der Waals surface area contributed by atoms with Gasteiger partial charge in [0, 0.05) is 6.54 Å². The van der Waals surface area contributed by atoms with Crippen LogP contribution in [0.15, 0.2) is 24.3 Å². The van der Waals surface area contributed by atoms with Gasteiger partial charge in [0.05, 0.1) is 13.0 Å². The van der Waals surface area contributed by atoms with Gasteiger partial charge in [-0.05, 0) is 24.6 Å². The van der Waals surface area contributed by atoms with E-state index in [1.807, 2.05) is 13.0 Å². The van der Waals surface area contributed by atoms with Crippen LogP contribution in [-0.2, 0) is 16.1 Å². The Kier molecular flexibility index (Phi) is 5.81. The van der Waals surface area contributed by atoms with Gasteiger partial charge in [-0.1, -0.05) is 12.1 Å². The van der Waals surface area contributed by atoms with E-state index in [4.69, 9.17) is 14.9 Å². The van der Waals surface area contributed by atoms with Gasteiger partial charge in [0.25, 0.3) is 0 Å². The van der Waals surface area contributed by atoms with Gasteiger partial charge in [-0.15, -0.1) is 0 Å². The molecule has 0 spiro atoms. The molecule has 0 aliphatic heterocycles. The zero-order chi connectivity index (χ0) is 14.3. The molecule has 1 unspecified atom stereocenters. The van der Waals surface area contributed by atoms with Crippen LogP contribution in [0.3, 0.4) is 0 Å². The number of carboxylic acids is 2. The number of nitrogens with one attached hydrogen (secondary N) is 1. The fourth-order valence-corrected chi connectivity index (χ4v) is 1.57. The molecule has 19 heavy (non-hydrogen) atoms. The van der Waals surface area contributed by atoms with Crippen molar-refractivity contribution in [3.05, 3.63) is 29.8 Å². The summed E-state index contributed by atoms with van der Waals surface area (Å²) >= 11 is 0. The summed E-state index contributed by atoms with van der Waals surface area (Å²) in [7, 11) is 0. The molecule has 0 aromatic heterocycles. The van der Waals surface area contributed by atoms with Gasteiger partial charge >= 0.3 is 11.9 Å². The van der Waals surface area contributed by atoms with Crippen LogP contribution in [0.2, 0.25) is 0 Å². The molecular formula is C13H17NO5. The number of ether oxygens (including phenoxy) is 1. The molecule has 0 amide bonds.